The Balaban J connectivity index is 1.56. The van der Waals surface area contributed by atoms with Gasteiger partial charge in [-0.25, -0.2) is 14.8 Å². The SMILES string of the molecule is CC(C)COC(=O)c1ccc(Nc2ncnc3sc4c(c23)CCC(C)C4)cc1. The molecule has 1 aromatic carbocycles. The molecule has 0 saturated heterocycles. The number of hydrogen-bond donors (Lipinski definition) is 1. The summed E-state index contributed by atoms with van der Waals surface area (Å²) in [6.07, 6.45) is 5.04. The lowest BCUT2D eigenvalue weighted by atomic mass is 9.89. The molecule has 0 aliphatic heterocycles. The Hall–Kier alpha value is -2.47. The van der Waals surface area contributed by atoms with Crippen molar-refractivity contribution in [3.63, 3.8) is 0 Å². The maximum absolute atomic E-state index is 12.1. The number of rotatable bonds is 5. The molecule has 3 aromatic rings. The summed E-state index contributed by atoms with van der Waals surface area (Å²) in [5.74, 6) is 1.61. The lowest BCUT2D eigenvalue weighted by Crippen LogP contribution is -2.10. The minimum atomic E-state index is -0.286. The van der Waals surface area contributed by atoms with Crippen molar-refractivity contribution in [2.45, 2.75) is 40.0 Å². The third kappa shape index (κ3) is 3.87. The van der Waals surface area contributed by atoms with Crippen molar-refractivity contribution >= 4 is 39.0 Å². The number of nitrogens with zero attached hydrogens (tertiary/aromatic N) is 2. The third-order valence-electron chi connectivity index (χ3n) is 5.02. The normalized spacial score (nSPS) is 16.2. The average Bonchev–Trinajstić information content (AvgIpc) is 3.05. The fourth-order valence-electron chi connectivity index (χ4n) is 3.52. The first-order valence-corrected chi connectivity index (χ1v) is 10.6. The highest BCUT2D eigenvalue weighted by molar-refractivity contribution is 7.19. The number of benzene rings is 1. The highest BCUT2D eigenvalue weighted by Gasteiger charge is 2.23. The van der Waals surface area contributed by atoms with Gasteiger partial charge in [0.25, 0.3) is 0 Å². The largest absolute Gasteiger partial charge is 0.462 e. The van der Waals surface area contributed by atoms with Gasteiger partial charge >= 0.3 is 5.97 Å². The summed E-state index contributed by atoms with van der Waals surface area (Å²) < 4.78 is 5.29. The van der Waals surface area contributed by atoms with E-state index in [-0.39, 0.29) is 5.97 Å². The van der Waals surface area contributed by atoms with Crippen LogP contribution in [0.3, 0.4) is 0 Å². The van der Waals surface area contributed by atoms with E-state index in [1.807, 2.05) is 26.0 Å². The fourth-order valence-corrected chi connectivity index (χ4v) is 4.87. The zero-order chi connectivity index (χ0) is 19.7. The van der Waals surface area contributed by atoms with E-state index in [1.165, 1.54) is 16.9 Å². The van der Waals surface area contributed by atoms with Crippen LogP contribution in [-0.2, 0) is 17.6 Å². The van der Waals surface area contributed by atoms with E-state index in [9.17, 15) is 4.79 Å². The van der Waals surface area contributed by atoms with E-state index in [0.29, 0.717) is 18.1 Å². The standard InChI is InChI=1S/C22H25N3O2S/c1-13(2)11-27-22(26)15-5-7-16(8-6-15)25-20-19-17-9-4-14(3)10-18(17)28-21(19)24-12-23-20/h5-8,12-14H,4,9-11H2,1-3H3,(H,23,24,25). The molecule has 6 heteroatoms. The van der Waals surface area contributed by atoms with Gasteiger partial charge in [0.1, 0.15) is 17.0 Å². The highest BCUT2D eigenvalue weighted by atomic mass is 32.1. The smallest absolute Gasteiger partial charge is 0.338 e. The Morgan fingerprint density at radius 1 is 1.29 bits per heavy atom. The summed E-state index contributed by atoms with van der Waals surface area (Å²) in [7, 11) is 0. The van der Waals surface area contributed by atoms with E-state index < -0.39 is 0 Å². The average molecular weight is 396 g/mol. The molecular formula is C22H25N3O2S. The van der Waals surface area contributed by atoms with Gasteiger partial charge in [0.2, 0.25) is 0 Å². The second kappa shape index (κ2) is 7.87. The van der Waals surface area contributed by atoms with Crippen LogP contribution < -0.4 is 5.32 Å². The monoisotopic (exact) mass is 395 g/mol. The lowest BCUT2D eigenvalue weighted by Gasteiger charge is -2.18. The Bertz CT molecular complexity index is 995. The van der Waals surface area contributed by atoms with E-state index in [0.717, 1.165) is 40.5 Å². The predicted molar refractivity (Wildman–Crippen MR) is 113 cm³/mol. The quantitative estimate of drug-likeness (QED) is 0.588. The van der Waals surface area contributed by atoms with Gasteiger partial charge in [-0.2, -0.15) is 0 Å². The van der Waals surface area contributed by atoms with Crippen LogP contribution in [0.5, 0.6) is 0 Å². The van der Waals surface area contributed by atoms with Crippen molar-refractivity contribution in [3.05, 3.63) is 46.6 Å². The van der Waals surface area contributed by atoms with Crippen LogP contribution in [0.4, 0.5) is 11.5 Å². The van der Waals surface area contributed by atoms with Crippen molar-refractivity contribution < 1.29 is 9.53 Å². The summed E-state index contributed by atoms with van der Waals surface area (Å²) in [6, 6.07) is 7.35. The number of aryl methyl sites for hydroxylation is 1. The molecule has 1 aliphatic carbocycles. The maximum atomic E-state index is 12.1. The number of fused-ring (bicyclic) bond motifs is 3. The Morgan fingerprint density at radius 3 is 2.82 bits per heavy atom. The van der Waals surface area contributed by atoms with Crippen molar-refractivity contribution in [2.75, 3.05) is 11.9 Å². The van der Waals surface area contributed by atoms with Crippen molar-refractivity contribution in [3.8, 4) is 0 Å². The molecule has 5 nitrogen and oxygen atoms in total. The minimum Gasteiger partial charge on any atom is -0.462 e. The van der Waals surface area contributed by atoms with E-state index in [4.69, 9.17) is 4.74 Å². The zero-order valence-electron chi connectivity index (χ0n) is 16.5. The van der Waals surface area contributed by atoms with Crippen molar-refractivity contribution in [1.82, 2.24) is 9.97 Å². The van der Waals surface area contributed by atoms with Gasteiger partial charge in [-0.15, -0.1) is 11.3 Å². The van der Waals surface area contributed by atoms with Gasteiger partial charge in [0, 0.05) is 10.6 Å². The Morgan fingerprint density at radius 2 is 2.07 bits per heavy atom. The molecule has 146 valence electrons. The van der Waals surface area contributed by atoms with Crippen LogP contribution in [0, 0.1) is 11.8 Å². The first-order valence-electron chi connectivity index (χ1n) is 9.80. The second-order valence-electron chi connectivity index (χ2n) is 7.95. The number of carbonyl (C=O) groups is 1. The van der Waals surface area contributed by atoms with E-state index in [1.54, 1.807) is 29.8 Å². The van der Waals surface area contributed by atoms with Crippen LogP contribution in [0.15, 0.2) is 30.6 Å². The molecule has 0 bridgehead atoms. The first kappa shape index (κ1) is 18.9. The fraction of sp³-hybridized carbons (Fsp3) is 0.409. The summed E-state index contributed by atoms with van der Waals surface area (Å²) in [6.45, 7) is 6.78. The predicted octanol–water partition coefficient (Wildman–Crippen LogP) is 5.37. The van der Waals surface area contributed by atoms with Gasteiger partial charge in [-0.05, 0) is 60.9 Å². The molecular weight excluding hydrogens is 370 g/mol. The third-order valence-corrected chi connectivity index (χ3v) is 6.19. The minimum absolute atomic E-state index is 0.286. The van der Waals surface area contributed by atoms with Crippen molar-refractivity contribution in [2.24, 2.45) is 11.8 Å². The van der Waals surface area contributed by atoms with Gasteiger partial charge in [0.15, 0.2) is 0 Å². The van der Waals surface area contributed by atoms with Gasteiger partial charge < -0.3 is 10.1 Å². The van der Waals surface area contributed by atoms with Crippen molar-refractivity contribution in [1.29, 1.82) is 0 Å². The molecule has 0 spiro atoms. The van der Waals surface area contributed by atoms with Crippen LogP contribution in [0.2, 0.25) is 0 Å². The molecule has 28 heavy (non-hydrogen) atoms. The Labute approximate surface area is 169 Å². The van der Waals surface area contributed by atoms with Crippen LogP contribution in [0.1, 0.15) is 48.0 Å². The molecule has 1 atom stereocenters. The molecule has 1 unspecified atom stereocenters. The second-order valence-corrected chi connectivity index (χ2v) is 9.03. The molecule has 0 amide bonds. The first-order chi connectivity index (χ1) is 13.5. The lowest BCUT2D eigenvalue weighted by molar-refractivity contribution is 0.0459. The summed E-state index contributed by atoms with van der Waals surface area (Å²) in [5, 5.41) is 4.56. The van der Waals surface area contributed by atoms with Crippen LogP contribution in [0.25, 0.3) is 10.2 Å². The van der Waals surface area contributed by atoms with Gasteiger partial charge in [-0.1, -0.05) is 20.8 Å². The molecule has 2 heterocycles. The number of nitrogens with one attached hydrogen (secondary N) is 1. The van der Waals surface area contributed by atoms with Gasteiger partial charge in [-0.3, -0.25) is 0 Å². The number of esters is 1. The number of hydrogen-bond acceptors (Lipinski definition) is 6. The molecule has 0 saturated carbocycles. The Kier molecular flexibility index (Phi) is 5.31. The molecule has 0 radical (unpaired) electrons. The van der Waals surface area contributed by atoms with E-state index in [2.05, 4.69) is 22.2 Å². The number of aromatic nitrogens is 2. The molecule has 0 fully saturated rings. The number of ether oxygens (including phenoxy) is 1. The van der Waals surface area contributed by atoms with E-state index >= 15 is 0 Å². The highest BCUT2D eigenvalue weighted by Crippen LogP contribution is 2.40. The molecule has 1 N–H and O–H groups in total. The zero-order valence-corrected chi connectivity index (χ0v) is 17.3. The molecule has 2 aromatic heterocycles. The van der Waals surface area contributed by atoms with Crippen LogP contribution >= 0.6 is 11.3 Å². The summed E-state index contributed by atoms with van der Waals surface area (Å²) >= 11 is 1.79. The number of thiophene rings is 1. The number of anilines is 2. The topological polar surface area (TPSA) is 64.1 Å². The van der Waals surface area contributed by atoms with Gasteiger partial charge in [0.05, 0.1) is 17.6 Å². The van der Waals surface area contributed by atoms with Crippen LogP contribution in [-0.4, -0.2) is 22.5 Å². The molecule has 1 aliphatic rings. The molecule has 4 rings (SSSR count). The summed E-state index contributed by atoms with van der Waals surface area (Å²) in [4.78, 5) is 23.6. The maximum Gasteiger partial charge on any atom is 0.338 e. The number of carbonyl (C=O) groups excluding carboxylic acids is 1. The summed E-state index contributed by atoms with van der Waals surface area (Å²) in [5.41, 5.74) is 2.85.